The minimum Gasteiger partial charge on any atom is -0.462 e. The van der Waals surface area contributed by atoms with Gasteiger partial charge in [-0.25, -0.2) is 0 Å². The molecule has 338 valence electrons. The van der Waals surface area contributed by atoms with Gasteiger partial charge in [-0.1, -0.05) is 240 Å². The molecule has 6 nitrogen and oxygen atoms in total. The molecule has 0 amide bonds. The highest BCUT2D eigenvalue weighted by Gasteiger charge is 2.19. The molecule has 0 aliphatic carbocycles. The zero-order valence-corrected chi connectivity index (χ0v) is 39.0. The van der Waals surface area contributed by atoms with Gasteiger partial charge in [0, 0.05) is 19.3 Å². The highest BCUT2D eigenvalue weighted by atomic mass is 16.6. The fourth-order valence-electron chi connectivity index (χ4n) is 7.60. The van der Waals surface area contributed by atoms with E-state index in [0.29, 0.717) is 19.3 Å². The summed E-state index contributed by atoms with van der Waals surface area (Å²) >= 11 is 0. The van der Waals surface area contributed by atoms with Gasteiger partial charge in [0.05, 0.1) is 0 Å². The number of esters is 3. The third-order valence-corrected chi connectivity index (χ3v) is 11.8. The fraction of sp³-hybridized carbons (Fsp3) is 0.941. The van der Waals surface area contributed by atoms with Gasteiger partial charge < -0.3 is 14.2 Å². The van der Waals surface area contributed by atoms with Gasteiger partial charge in [-0.05, 0) is 31.1 Å². The molecule has 0 rings (SSSR count). The number of hydrogen-bond acceptors (Lipinski definition) is 6. The second-order valence-corrected chi connectivity index (χ2v) is 18.2. The Bertz CT molecular complexity index is 872. The van der Waals surface area contributed by atoms with Crippen molar-refractivity contribution in [2.45, 2.75) is 285 Å². The smallest absolute Gasteiger partial charge is 0.306 e. The average molecular weight is 807 g/mol. The van der Waals surface area contributed by atoms with E-state index in [9.17, 15) is 14.4 Å². The van der Waals surface area contributed by atoms with Gasteiger partial charge in [-0.3, -0.25) is 14.4 Å². The van der Waals surface area contributed by atoms with Crippen LogP contribution in [0.2, 0.25) is 0 Å². The van der Waals surface area contributed by atoms with Crippen LogP contribution in [-0.2, 0) is 28.6 Å². The van der Waals surface area contributed by atoms with Gasteiger partial charge in [-0.2, -0.15) is 0 Å². The molecule has 0 spiro atoms. The zero-order valence-electron chi connectivity index (χ0n) is 39.0. The summed E-state index contributed by atoms with van der Waals surface area (Å²) in [5.41, 5.74) is 0. The lowest BCUT2D eigenvalue weighted by Crippen LogP contribution is -2.30. The Labute approximate surface area is 355 Å². The summed E-state index contributed by atoms with van der Waals surface area (Å²) in [7, 11) is 0. The first kappa shape index (κ1) is 55.4. The van der Waals surface area contributed by atoms with E-state index >= 15 is 0 Å². The van der Waals surface area contributed by atoms with Crippen molar-refractivity contribution in [3.63, 3.8) is 0 Å². The minimum atomic E-state index is -0.761. The predicted molar refractivity (Wildman–Crippen MR) is 243 cm³/mol. The Morgan fingerprint density at radius 2 is 0.667 bits per heavy atom. The Morgan fingerprint density at radius 3 is 1.00 bits per heavy atom. The summed E-state index contributed by atoms with van der Waals surface area (Å²) in [5.74, 6) is 0.811. The molecular formula is C51H98O6. The maximum Gasteiger partial charge on any atom is 0.306 e. The second kappa shape index (κ2) is 44.0. The molecule has 0 aromatic heterocycles. The van der Waals surface area contributed by atoms with E-state index in [1.807, 2.05) is 0 Å². The maximum atomic E-state index is 12.7. The van der Waals surface area contributed by atoms with E-state index in [1.54, 1.807) is 0 Å². The van der Waals surface area contributed by atoms with Crippen LogP contribution in [0.25, 0.3) is 0 Å². The first-order valence-corrected chi connectivity index (χ1v) is 25.3. The lowest BCUT2D eigenvalue weighted by Gasteiger charge is -2.18. The summed E-state index contributed by atoms with van der Waals surface area (Å²) in [6.45, 7) is 11.4. The molecule has 6 heteroatoms. The van der Waals surface area contributed by atoms with Crippen LogP contribution in [0.3, 0.4) is 0 Å². The number of carbonyl (C=O) groups is 3. The van der Waals surface area contributed by atoms with Gasteiger partial charge in [0.1, 0.15) is 13.2 Å². The predicted octanol–water partition coefficient (Wildman–Crippen LogP) is 16.1. The van der Waals surface area contributed by atoms with Crippen LogP contribution in [0.5, 0.6) is 0 Å². The Hall–Kier alpha value is -1.59. The minimum absolute atomic E-state index is 0.0644. The van der Waals surface area contributed by atoms with Crippen molar-refractivity contribution in [2.24, 2.45) is 11.8 Å². The van der Waals surface area contributed by atoms with Crippen molar-refractivity contribution in [1.82, 2.24) is 0 Å². The van der Waals surface area contributed by atoms with Crippen LogP contribution in [0, 0.1) is 11.8 Å². The highest BCUT2D eigenvalue weighted by molar-refractivity contribution is 5.71. The van der Waals surface area contributed by atoms with Gasteiger partial charge >= 0.3 is 17.9 Å². The third-order valence-electron chi connectivity index (χ3n) is 11.8. The highest BCUT2D eigenvalue weighted by Crippen LogP contribution is 2.18. The largest absolute Gasteiger partial charge is 0.462 e. The van der Waals surface area contributed by atoms with Gasteiger partial charge in [-0.15, -0.1) is 0 Å². The van der Waals surface area contributed by atoms with Crippen LogP contribution in [0.4, 0.5) is 0 Å². The van der Waals surface area contributed by atoms with Crippen LogP contribution in [0.15, 0.2) is 0 Å². The lowest BCUT2D eigenvalue weighted by atomic mass is 9.99. The summed E-state index contributed by atoms with van der Waals surface area (Å²) in [6.07, 6.45) is 43.7. The monoisotopic (exact) mass is 807 g/mol. The fourth-order valence-corrected chi connectivity index (χ4v) is 7.60. The number of unbranched alkanes of at least 4 members (excludes halogenated alkanes) is 29. The molecule has 0 saturated carbocycles. The van der Waals surface area contributed by atoms with Crippen molar-refractivity contribution < 1.29 is 28.6 Å². The molecule has 2 atom stereocenters. The van der Waals surface area contributed by atoms with Crippen LogP contribution < -0.4 is 0 Å². The van der Waals surface area contributed by atoms with Crippen LogP contribution >= 0.6 is 0 Å². The standard InChI is InChI=1S/C51H98O6/c1-6-8-9-10-11-12-13-14-15-16-20-26-31-36-41-49(52)55-44-48(57-51(54)43-38-33-28-23-22-24-29-34-39-46(3)4)45-56-50(53)42-37-32-27-21-18-17-19-25-30-35-40-47(5)7-2/h46-48H,6-45H2,1-5H3/t47?,48-/m0/s1. The molecule has 0 N–H and O–H groups in total. The quantitative estimate of drug-likeness (QED) is 0.0346. The lowest BCUT2D eigenvalue weighted by molar-refractivity contribution is -0.167. The number of carbonyl (C=O) groups excluding carboxylic acids is 3. The molecule has 0 heterocycles. The van der Waals surface area contributed by atoms with Crippen LogP contribution in [-0.4, -0.2) is 37.2 Å². The Balaban J connectivity index is 4.31. The van der Waals surface area contributed by atoms with Crippen molar-refractivity contribution in [3.8, 4) is 0 Å². The molecule has 0 aromatic rings. The molecule has 0 aromatic carbocycles. The first-order valence-electron chi connectivity index (χ1n) is 25.3. The summed E-state index contributed by atoms with van der Waals surface area (Å²) < 4.78 is 16.8. The molecule has 0 saturated heterocycles. The van der Waals surface area contributed by atoms with Crippen molar-refractivity contribution in [3.05, 3.63) is 0 Å². The maximum absolute atomic E-state index is 12.7. The summed E-state index contributed by atoms with van der Waals surface area (Å²) in [5, 5.41) is 0. The van der Waals surface area contributed by atoms with E-state index in [1.165, 1.54) is 167 Å². The van der Waals surface area contributed by atoms with E-state index in [4.69, 9.17) is 14.2 Å². The third kappa shape index (κ3) is 43.8. The molecule has 0 radical (unpaired) electrons. The zero-order chi connectivity index (χ0) is 41.9. The number of rotatable bonds is 45. The molecule has 0 aliphatic heterocycles. The van der Waals surface area contributed by atoms with E-state index < -0.39 is 6.10 Å². The van der Waals surface area contributed by atoms with Crippen molar-refractivity contribution in [2.75, 3.05) is 13.2 Å². The molecule has 57 heavy (non-hydrogen) atoms. The Morgan fingerprint density at radius 1 is 0.368 bits per heavy atom. The van der Waals surface area contributed by atoms with E-state index in [-0.39, 0.29) is 31.1 Å². The molecule has 1 unspecified atom stereocenters. The SMILES string of the molecule is CCCCCCCCCCCCCCCCC(=O)OC[C@@H](COC(=O)CCCCCCCCCCCCC(C)CC)OC(=O)CCCCCCCCCCC(C)C. The first-order chi connectivity index (χ1) is 27.8. The number of ether oxygens (including phenoxy) is 3. The van der Waals surface area contributed by atoms with E-state index in [0.717, 1.165) is 69.6 Å². The van der Waals surface area contributed by atoms with Gasteiger partial charge in [0.25, 0.3) is 0 Å². The van der Waals surface area contributed by atoms with E-state index in [2.05, 4.69) is 34.6 Å². The summed E-state index contributed by atoms with van der Waals surface area (Å²) in [4.78, 5) is 37.9. The molecule has 0 fully saturated rings. The van der Waals surface area contributed by atoms with Gasteiger partial charge in [0.2, 0.25) is 0 Å². The number of hydrogen-bond donors (Lipinski definition) is 0. The normalized spacial score (nSPS) is 12.5. The molecule has 0 aliphatic rings. The molecular weight excluding hydrogens is 709 g/mol. The van der Waals surface area contributed by atoms with Gasteiger partial charge in [0.15, 0.2) is 6.10 Å². The average Bonchev–Trinajstić information content (AvgIpc) is 3.19. The van der Waals surface area contributed by atoms with Crippen molar-refractivity contribution in [1.29, 1.82) is 0 Å². The Kier molecular flexibility index (Phi) is 42.7. The van der Waals surface area contributed by atoms with Crippen LogP contribution in [0.1, 0.15) is 279 Å². The summed E-state index contributed by atoms with van der Waals surface area (Å²) in [6, 6.07) is 0. The molecule has 0 bridgehead atoms. The topological polar surface area (TPSA) is 78.9 Å². The van der Waals surface area contributed by atoms with Crippen molar-refractivity contribution >= 4 is 17.9 Å². The second-order valence-electron chi connectivity index (χ2n) is 18.2.